The number of aliphatic hydroxyl groups excluding tert-OH is 1. The average molecular weight is 603 g/mol. The Morgan fingerprint density at radius 3 is 2.55 bits per heavy atom. The highest BCUT2D eigenvalue weighted by molar-refractivity contribution is 6.05. The SMILES string of the molecule is C[n+]1cccc2c1NC(=O)C21Cc2ccc(NC(=O)CN3C(=O)C4(CC(C)(CO)C4)NCC3c3cc(F)cc(F)c3)cc2C1. The molecule has 228 valence electrons. The lowest BCUT2D eigenvalue weighted by Crippen LogP contribution is -2.73. The topological polar surface area (TPSA) is 115 Å². The van der Waals surface area contributed by atoms with Gasteiger partial charge in [0.1, 0.15) is 23.6 Å². The minimum Gasteiger partial charge on any atom is -0.396 e. The number of aromatic nitrogens is 1. The molecule has 0 radical (unpaired) electrons. The van der Waals surface area contributed by atoms with E-state index in [9.17, 15) is 28.3 Å². The maximum Gasteiger partial charge on any atom is 0.319 e. The van der Waals surface area contributed by atoms with Crippen LogP contribution in [0.1, 0.15) is 48.1 Å². The number of pyridine rings is 1. The van der Waals surface area contributed by atoms with Gasteiger partial charge in [0.25, 0.3) is 5.82 Å². The lowest BCUT2D eigenvalue weighted by molar-refractivity contribution is -0.657. The third kappa shape index (κ3) is 4.40. The number of fused-ring (bicyclic) bond motifs is 3. The smallest absolute Gasteiger partial charge is 0.319 e. The van der Waals surface area contributed by atoms with Gasteiger partial charge in [0.2, 0.25) is 11.8 Å². The summed E-state index contributed by atoms with van der Waals surface area (Å²) in [5, 5.41) is 19.0. The van der Waals surface area contributed by atoms with Gasteiger partial charge in [0.15, 0.2) is 0 Å². The van der Waals surface area contributed by atoms with E-state index in [4.69, 9.17) is 0 Å². The lowest BCUT2D eigenvalue weighted by atomic mass is 9.57. The summed E-state index contributed by atoms with van der Waals surface area (Å²) in [7, 11) is 1.89. The Balaban J connectivity index is 1.12. The number of nitrogens with one attached hydrogen (secondary N) is 3. The molecule has 44 heavy (non-hydrogen) atoms. The molecule has 3 aromatic rings. The number of nitrogens with zero attached hydrogens (tertiary/aromatic N) is 2. The molecule has 3 heterocycles. The van der Waals surface area contributed by atoms with Crippen molar-refractivity contribution in [2.75, 3.05) is 30.3 Å². The zero-order valence-corrected chi connectivity index (χ0v) is 24.5. The number of aliphatic hydroxyl groups is 1. The summed E-state index contributed by atoms with van der Waals surface area (Å²) in [4.78, 5) is 42.0. The van der Waals surface area contributed by atoms with Gasteiger partial charge in [-0.2, -0.15) is 0 Å². The van der Waals surface area contributed by atoms with Crippen LogP contribution in [0.5, 0.6) is 0 Å². The summed E-state index contributed by atoms with van der Waals surface area (Å²) in [6.07, 6.45) is 3.71. The van der Waals surface area contributed by atoms with Crippen LogP contribution in [0.15, 0.2) is 54.7 Å². The highest BCUT2D eigenvalue weighted by Crippen LogP contribution is 2.51. The highest BCUT2D eigenvalue weighted by Gasteiger charge is 2.60. The first kappa shape index (κ1) is 28.5. The zero-order chi connectivity index (χ0) is 31.0. The number of halogens is 2. The first-order valence-electron chi connectivity index (χ1n) is 14.8. The first-order chi connectivity index (χ1) is 20.9. The van der Waals surface area contributed by atoms with Crippen molar-refractivity contribution in [2.45, 2.75) is 49.6 Å². The van der Waals surface area contributed by atoms with E-state index in [-0.39, 0.29) is 37.1 Å². The van der Waals surface area contributed by atoms with Crippen molar-refractivity contribution >= 4 is 29.2 Å². The van der Waals surface area contributed by atoms with Crippen LogP contribution in [0.3, 0.4) is 0 Å². The Morgan fingerprint density at radius 1 is 1.09 bits per heavy atom. The van der Waals surface area contributed by atoms with Gasteiger partial charge in [-0.25, -0.2) is 23.5 Å². The fraction of sp³-hybridized carbons (Fsp3) is 0.394. The van der Waals surface area contributed by atoms with Crippen molar-refractivity contribution in [3.05, 3.63) is 88.6 Å². The predicted molar refractivity (Wildman–Crippen MR) is 156 cm³/mol. The number of hydrogen-bond donors (Lipinski definition) is 4. The number of amides is 3. The predicted octanol–water partition coefficient (Wildman–Crippen LogP) is 2.42. The molecule has 1 saturated heterocycles. The van der Waals surface area contributed by atoms with Gasteiger partial charge in [0, 0.05) is 24.9 Å². The number of anilines is 2. The molecule has 2 aliphatic carbocycles. The van der Waals surface area contributed by atoms with Crippen molar-refractivity contribution in [1.29, 1.82) is 0 Å². The number of hydrogen-bond acceptors (Lipinski definition) is 5. The monoisotopic (exact) mass is 602 g/mol. The summed E-state index contributed by atoms with van der Waals surface area (Å²) in [6, 6.07) is 11.8. The Labute approximate surface area is 253 Å². The minimum absolute atomic E-state index is 0.0460. The Hall–Kier alpha value is -4.22. The maximum absolute atomic E-state index is 14.2. The van der Waals surface area contributed by atoms with E-state index in [0.717, 1.165) is 28.6 Å². The van der Waals surface area contributed by atoms with E-state index in [1.165, 1.54) is 17.0 Å². The van der Waals surface area contributed by atoms with Crippen LogP contribution < -0.4 is 20.5 Å². The molecule has 1 aromatic heterocycles. The third-order valence-corrected chi connectivity index (χ3v) is 9.94. The van der Waals surface area contributed by atoms with Crippen molar-refractivity contribution in [1.82, 2.24) is 10.2 Å². The molecule has 7 rings (SSSR count). The van der Waals surface area contributed by atoms with Crippen molar-refractivity contribution in [3.8, 4) is 0 Å². The number of aryl methyl sites for hydroxylation is 1. The van der Waals surface area contributed by atoms with Gasteiger partial charge >= 0.3 is 5.91 Å². The molecule has 4 N–H and O–H groups in total. The van der Waals surface area contributed by atoms with Crippen molar-refractivity contribution in [2.24, 2.45) is 12.5 Å². The highest BCUT2D eigenvalue weighted by atomic mass is 19.1. The molecule has 9 nitrogen and oxygen atoms in total. The van der Waals surface area contributed by atoms with Crippen LogP contribution >= 0.6 is 0 Å². The van der Waals surface area contributed by atoms with E-state index >= 15 is 0 Å². The van der Waals surface area contributed by atoms with E-state index in [1.54, 1.807) is 6.07 Å². The fourth-order valence-electron chi connectivity index (χ4n) is 7.90. The van der Waals surface area contributed by atoms with Crippen LogP contribution in [0, 0.1) is 17.0 Å². The number of rotatable bonds is 5. The van der Waals surface area contributed by atoms with Gasteiger partial charge in [-0.05, 0) is 84.2 Å². The van der Waals surface area contributed by atoms with Crippen molar-refractivity contribution < 1.29 is 32.8 Å². The molecule has 3 amide bonds. The number of carbonyl (C=O) groups is 3. The normalized spacial score (nSPS) is 28.6. The molecule has 0 bridgehead atoms. The van der Waals surface area contributed by atoms with Crippen molar-refractivity contribution in [3.63, 3.8) is 0 Å². The molecule has 2 atom stereocenters. The van der Waals surface area contributed by atoms with Gasteiger partial charge in [-0.15, -0.1) is 0 Å². The van der Waals surface area contributed by atoms with Crippen LogP contribution in [-0.2, 0) is 39.7 Å². The quantitative estimate of drug-likeness (QED) is 0.335. The molecule has 2 spiro atoms. The summed E-state index contributed by atoms with van der Waals surface area (Å²) >= 11 is 0. The average Bonchev–Trinajstić information content (AvgIpc) is 3.47. The second kappa shape index (κ2) is 9.90. The van der Waals surface area contributed by atoms with E-state index in [0.29, 0.717) is 31.4 Å². The first-order valence-corrected chi connectivity index (χ1v) is 14.8. The summed E-state index contributed by atoms with van der Waals surface area (Å²) in [6.45, 7) is 1.69. The lowest BCUT2D eigenvalue weighted by Gasteiger charge is -2.58. The van der Waals surface area contributed by atoms with Crippen LogP contribution in [0.2, 0.25) is 0 Å². The van der Waals surface area contributed by atoms with Crippen LogP contribution in [0.4, 0.5) is 20.3 Å². The fourth-order valence-corrected chi connectivity index (χ4v) is 7.90. The minimum atomic E-state index is -0.948. The molecule has 2 fully saturated rings. The summed E-state index contributed by atoms with van der Waals surface area (Å²) in [5.74, 6) is -1.58. The number of carbonyl (C=O) groups excluding carboxylic acids is 3. The number of piperazine rings is 1. The molecule has 2 aliphatic heterocycles. The van der Waals surface area contributed by atoms with Gasteiger partial charge in [0.05, 0.1) is 30.4 Å². The Bertz CT molecular complexity index is 1720. The Kier molecular flexibility index (Phi) is 6.42. The molecular formula is C33H34F2N5O4+. The summed E-state index contributed by atoms with van der Waals surface area (Å²) < 4.78 is 30.3. The molecular weight excluding hydrogens is 568 g/mol. The number of benzene rings is 2. The molecule has 1 saturated carbocycles. The van der Waals surface area contributed by atoms with Gasteiger partial charge in [-0.3, -0.25) is 9.59 Å². The molecule has 2 unspecified atom stereocenters. The second-order valence-electron chi connectivity index (χ2n) is 13.2. The van der Waals surface area contributed by atoms with Gasteiger partial charge < -0.3 is 20.6 Å². The van der Waals surface area contributed by atoms with E-state index in [2.05, 4.69) is 16.0 Å². The summed E-state index contributed by atoms with van der Waals surface area (Å²) in [5.41, 5.74) is 1.64. The maximum atomic E-state index is 14.2. The van der Waals surface area contributed by atoms with E-state index in [1.807, 2.05) is 49.0 Å². The van der Waals surface area contributed by atoms with Crippen LogP contribution in [0.25, 0.3) is 0 Å². The zero-order valence-electron chi connectivity index (χ0n) is 24.5. The molecule has 4 aliphatic rings. The molecule has 11 heteroatoms. The third-order valence-electron chi connectivity index (χ3n) is 9.94. The second-order valence-corrected chi connectivity index (χ2v) is 13.2. The standard InChI is InChI=1S/C33H33F2N5O4/c1-31(18-41)16-33(17-31)30(44)40(26(14-36-33)20-8-22(34)11-23(35)9-20)15-27(42)37-24-6-5-19-12-32(13-21(19)10-24)25-4-3-7-39(2)28(25)38-29(32)43/h3-11,26,36,41H,12-18H2,1-2H3,(H,37,42)/p+1. The molecule has 2 aromatic carbocycles. The van der Waals surface area contributed by atoms with E-state index < -0.39 is 40.0 Å². The van der Waals surface area contributed by atoms with Crippen LogP contribution in [-0.4, -0.2) is 53.0 Å². The van der Waals surface area contributed by atoms with Gasteiger partial charge in [-0.1, -0.05) is 13.0 Å². The Morgan fingerprint density at radius 2 is 1.82 bits per heavy atom. The largest absolute Gasteiger partial charge is 0.396 e.